The van der Waals surface area contributed by atoms with Gasteiger partial charge in [0.2, 0.25) is 5.91 Å². The Kier molecular flexibility index (Phi) is 8.72. The maximum absolute atomic E-state index is 12.9. The fourth-order valence-corrected chi connectivity index (χ4v) is 6.85. The van der Waals surface area contributed by atoms with Gasteiger partial charge in [-0.25, -0.2) is 0 Å². The summed E-state index contributed by atoms with van der Waals surface area (Å²) in [6, 6.07) is 11.4. The van der Waals surface area contributed by atoms with Gasteiger partial charge in [-0.1, -0.05) is 29.3 Å². The maximum atomic E-state index is 12.9. The third-order valence-electron chi connectivity index (χ3n) is 7.43. The molecule has 3 aromatic rings. The number of benzene rings is 2. The summed E-state index contributed by atoms with van der Waals surface area (Å²) < 4.78 is 0. The van der Waals surface area contributed by atoms with Crippen LogP contribution in [-0.2, 0) is 21.8 Å². The van der Waals surface area contributed by atoms with Crippen molar-refractivity contribution in [3.63, 3.8) is 0 Å². The van der Waals surface area contributed by atoms with Gasteiger partial charge < -0.3 is 20.5 Å². The van der Waals surface area contributed by atoms with E-state index in [1.54, 1.807) is 11.8 Å². The molecule has 6 nitrogen and oxygen atoms in total. The van der Waals surface area contributed by atoms with Gasteiger partial charge >= 0.3 is 0 Å². The number of aromatic amines is 1. The zero-order chi connectivity index (χ0) is 27.5. The first kappa shape index (κ1) is 27.8. The van der Waals surface area contributed by atoms with E-state index in [9.17, 15) is 9.59 Å². The summed E-state index contributed by atoms with van der Waals surface area (Å²) in [5.74, 6) is 0.493. The lowest BCUT2D eigenvalue weighted by atomic mass is 10.0. The third-order valence-corrected chi connectivity index (χ3v) is 9.15. The van der Waals surface area contributed by atoms with E-state index in [1.807, 2.05) is 56.3 Å². The van der Waals surface area contributed by atoms with Crippen LogP contribution in [0.3, 0.4) is 0 Å². The number of hydrogen-bond acceptors (Lipinski definition) is 4. The second-order valence-corrected chi connectivity index (χ2v) is 11.9. The molecule has 0 unspecified atom stereocenters. The summed E-state index contributed by atoms with van der Waals surface area (Å²) in [5, 5.41) is 7.31. The molecule has 3 heterocycles. The summed E-state index contributed by atoms with van der Waals surface area (Å²) in [5.41, 5.74) is 6.85. The van der Waals surface area contributed by atoms with E-state index in [1.165, 1.54) is 12.8 Å². The van der Waals surface area contributed by atoms with Gasteiger partial charge in [0.05, 0.1) is 12.0 Å². The van der Waals surface area contributed by atoms with Crippen molar-refractivity contribution in [2.45, 2.75) is 43.8 Å². The summed E-state index contributed by atoms with van der Waals surface area (Å²) in [6.45, 7) is 7.77. The number of aromatic nitrogens is 1. The molecule has 3 N–H and O–H groups in total. The maximum Gasteiger partial charge on any atom is 0.256 e. The third kappa shape index (κ3) is 6.38. The highest BCUT2D eigenvalue weighted by Crippen LogP contribution is 2.38. The van der Waals surface area contributed by atoms with Gasteiger partial charge in [-0.05, 0) is 92.9 Å². The highest BCUT2D eigenvalue weighted by molar-refractivity contribution is 7.98. The Morgan fingerprint density at radius 2 is 1.85 bits per heavy atom. The van der Waals surface area contributed by atoms with Crippen molar-refractivity contribution in [3.05, 3.63) is 80.1 Å². The van der Waals surface area contributed by atoms with Crippen LogP contribution >= 0.6 is 35.0 Å². The largest absolute Gasteiger partial charge is 0.359 e. The number of nitrogens with one attached hydrogen (secondary N) is 3. The van der Waals surface area contributed by atoms with Crippen LogP contribution < -0.4 is 10.6 Å². The topological polar surface area (TPSA) is 77.2 Å². The smallest absolute Gasteiger partial charge is 0.256 e. The van der Waals surface area contributed by atoms with Crippen LogP contribution in [0.5, 0.6) is 0 Å². The number of H-pyrrole nitrogens is 1. The van der Waals surface area contributed by atoms with Gasteiger partial charge in [0, 0.05) is 56.4 Å². The molecule has 1 fully saturated rings. The van der Waals surface area contributed by atoms with Crippen LogP contribution in [0, 0.1) is 13.8 Å². The van der Waals surface area contributed by atoms with E-state index in [4.69, 9.17) is 23.2 Å². The van der Waals surface area contributed by atoms with Crippen LogP contribution in [0.2, 0.25) is 10.0 Å². The SMILES string of the molecule is Cc1[nH]c(/C=C2\C(=O)Nc3ccc(SCc4c(Cl)cccc4Cl)cc32)c(C)c1CC(=O)NCCN1CCCC1. The zero-order valence-corrected chi connectivity index (χ0v) is 24.5. The van der Waals surface area contributed by atoms with Crippen molar-refractivity contribution in [1.29, 1.82) is 0 Å². The number of rotatable bonds is 9. The highest BCUT2D eigenvalue weighted by Gasteiger charge is 2.26. The van der Waals surface area contributed by atoms with Gasteiger partial charge in [0.25, 0.3) is 5.91 Å². The number of aryl methyl sites for hydroxylation is 1. The van der Waals surface area contributed by atoms with Crippen molar-refractivity contribution in [1.82, 2.24) is 15.2 Å². The minimum absolute atomic E-state index is 0.0165. The Hall–Kier alpha value is -2.71. The number of hydrogen-bond donors (Lipinski definition) is 3. The molecule has 9 heteroatoms. The molecule has 2 aliphatic rings. The molecule has 1 saturated heterocycles. The quantitative estimate of drug-likeness (QED) is 0.199. The Balaban J connectivity index is 1.30. The summed E-state index contributed by atoms with van der Waals surface area (Å²) in [6.07, 6.45) is 4.69. The lowest BCUT2D eigenvalue weighted by molar-refractivity contribution is -0.120. The number of fused-ring (bicyclic) bond motifs is 1. The predicted molar refractivity (Wildman–Crippen MR) is 162 cm³/mol. The molecule has 0 atom stereocenters. The summed E-state index contributed by atoms with van der Waals surface area (Å²) >= 11 is 14.3. The predicted octanol–water partition coefficient (Wildman–Crippen LogP) is 6.48. The number of likely N-dealkylation sites (tertiary alicyclic amines) is 1. The minimum atomic E-state index is -0.144. The Labute approximate surface area is 243 Å². The fraction of sp³-hybridized carbons (Fsp3) is 0.333. The monoisotopic (exact) mass is 582 g/mol. The van der Waals surface area contributed by atoms with Crippen molar-refractivity contribution in [2.24, 2.45) is 0 Å². The van der Waals surface area contributed by atoms with E-state index in [-0.39, 0.29) is 11.8 Å². The van der Waals surface area contributed by atoms with E-state index >= 15 is 0 Å². The van der Waals surface area contributed by atoms with Crippen LogP contribution in [0.15, 0.2) is 41.3 Å². The highest BCUT2D eigenvalue weighted by atomic mass is 35.5. The first-order chi connectivity index (χ1) is 18.8. The van der Waals surface area contributed by atoms with Gasteiger partial charge in [-0.3, -0.25) is 9.59 Å². The molecule has 1 aromatic heterocycles. The van der Waals surface area contributed by atoms with Gasteiger partial charge in [-0.2, -0.15) is 0 Å². The number of carbonyl (C=O) groups is 2. The number of anilines is 1. The number of nitrogens with zero attached hydrogens (tertiary/aromatic N) is 1. The Morgan fingerprint density at radius 1 is 1.10 bits per heavy atom. The molecule has 2 aliphatic heterocycles. The molecule has 0 aliphatic carbocycles. The van der Waals surface area contributed by atoms with Crippen molar-refractivity contribution in [2.75, 3.05) is 31.5 Å². The zero-order valence-electron chi connectivity index (χ0n) is 22.1. The first-order valence-electron chi connectivity index (χ1n) is 13.2. The lowest BCUT2D eigenvalue weighted by Gasteiger charge is -2.14. The van der Waals surface area contributed by atoms with E-state index < -0.39 is 0 Å². The molecule has 2 amide bonds. The average molecular weight is 584 g/mol. The first-order valence-corrected chi connectivity index (χ1v) is 14.9. The molecular formula is C30H32Cl2N4O2S. The molecule has 204 valence electrons. The molecule has 39 heavy (non-hydrogen) atoms. The molecule has 0 saturated carbocycles. The number of halogens is 2. The summed E-state index contributed by atoms with van der Waals surface area (Å²) in [4.78, 5) is 32.4. The molecule has 0 spiro atoms. The average Bonchev–Trinajstić information content (AvgIpc) is 3.59. The molecule has 0 radical (unpaired) electrons. The van der Waals surface area contributed by atoms with Crippen LogP contribution in [0.25, 0.3) is 11.6 Å². The van der Waals surface area contributed by atoms with E-state index in [0.717, 1.165) is 63.9 Å². The van der Waals surface area contributed by atoms with Gasteiger partial charge in [0.1, 0.15) is 0 Å². The molecule has 5 rings (SSSR count). The van der Waals surface area contributed by atoms with E-state index in [0.29, 0.717) is 34.3 Å². The van der Waals surface area contributed by atoms with E-state index in [2.05, 4.69) is 20.5 Å². The molecule has 0 bridgehead atoms. The summed E-state index contributed by atoms with van der Waals surface area (Å²) in [7, 11) is 0. The van der Waals surface area contributed by atoms with Gasteiger partial charge in [0.15, 0.2) is 0 Å². The van der Waals surface area contributed by atoms with Crippen molar-refractivity contribution < 1.29 is 9.59 Å². The standard InChI is InChI=1S/C30H32Cl2N4O2S/c1-18-21(16-29(37)33-10-13-36-11-3-4-12-36)19(2)34-28(18)15-23-22-14-20(8-9-27(22)35-30(23)38)39-17-24-25(31)6-5-7-26(24)32/h5-9,14-15,34H,3-4,10-13,16-17H2,1-2H3,(H,33,37)(H,35,38)/b23-15-. The lowest BCUT2D eigenvalue weighted by Crippen LogP contribution is -2.34. The van der Waals surface area contributed by atoms with Crippen molar-refractivity contribution in [3.8, 4) is 0 Å². The second-order valence-electron chi connectivity index (χ2n) is 10.1. The Morgan fingerprint density at radius 3 is 2.59 bits per heavy atom. The number of carbonyl (C=O) groups excluding carboxylic acids is 2. The minimum Gasteiger partial charge on any atom is -0.359 e. The van der Waals surface area contributed by atoms with Crippen LogP contribution in [0.4, 0.5) is 5.69 Å². The molecule has 2 aromatic carbocycles. The molecular weight excluding hydrogens is 551 g/mol. The second kappa shape index (κ2) is 12.2. The number of amides is 2. The number of thioether (sulfide) groups is 1. The van der Waals surface area contributed by atoms with Crippen LogP contribution in [-0.4, -0.2) is 47.9 Å². The van der Waals surface area contributed by atoms with Crippen LogP contribution in [0.1, 0.15) is 46.5 Å². The van der Waals surface area contributed by atoms with Gasteiger partial charge in [-0.15, -0.1) is 11.8 Å². The van der Waals surface area contributed by atoms with Crippen molar-refractivity contribution >= 4 is 64.1 Å². The Bertz CT molecular complexity index is 1420. The fourth-order valence-electron chi connectivity index (χ4n) is 5.18. The normalized spacial score (nSPS) is 16.1.